The zero-order chi connectivity index (χ0) is 15.2. The molecule has 0 aliphatic heterocycles. The van der Waals surface area contributed by atoms with Crippen molar-refractivity contribution < 1.29 is 27.5 Å². The molecule has 1 rings (SSSR count). The van der Waals surface area contributed by atoms with Crippen LogP contribution in [0, 0.1) is 0 Å². The maximum absolute atomic E-state index is 12.5. The van der Waals surface area contributed by atoms with E-state index in [-0.39, 0.29) is 41.7 Å². The van der Waals surface area contributed by atoms with Crippen molar-refractivity contribution in [2.45, 2.75) is 30.2 Å². The molecule has 0 aromatic heterocycles. The van der Waals surface area contributed by atoms with Gasteiger partial charge >= 0.3 is 11.5 Å². The Morgan fingerprint density at radius 3 is 2.65 bits per heavy atom. The molecular weight excluding hydrogens is 293 g/mol. The lowest BCUT2D eigenvalue weighted by molar-refractivity contribution is -0.107. The predicted octanol–water partition coefficient (Wildman–Crippen LogP) is 3.61. The van der Waals surface area contributed by atoms with Crippen LogP contribution in [0.3, 0.4) is 0 Å². The van der Waals surface area contributed by atoms with E-state index in [1.54, 1.807) is 6.92 Å². The van der Waals surface area contributed by atoms with Crippen molar-refractivity contribution in [2.75, 3.05) is 6.61 Å². The summed E-state index contributed by atoms with van der Waals surface area (Å²) in [7, 11) is 0. The highest BCUT2D eigenvalue weighted by Crippen LogP contribution is 2.39. The highest BCUT2D eigenvalue weighted by atomic mass is 32.2. The van der Waals surface area contributed by atoms with E-state index in [0.717, 1.165) is 0 Å². The Balaban J connectivity index is 3.20. The van der Waals surface area contributed by atoms with Crippen LogP contribution >= 0.6 is 11.8 Å². The summed E-state index contributed by atoms with van der Waals surface area (Å²) >= 11 is -0.360. The average molecular weight is 306 g/mol. The highest BCUT2D eigenvalue weighted by molar-refractivity contribution is 8.00. The Morgan fingerprint density at radius 1 is 1.40 bits per heavy atom. The first-order valence-corrected chi connectivity index (χ1v) is 6.69. The van der Waals surface area contributed by atoms with Gasteiger partial charge in [-0.3, -0.25) is 0 Å². The van der Waals surface area contributed by atoms with Crippen LogP contribution in [0.2, 0.25) is 0 Å². The van der Waals surface area contributed by atoms with Gasteiger partial charge < -0.3 is 9.53 Å². The van der Waals surface area contributed by atoms with Crippen LogP contribution in [-0.4, -0.2) is 24.4 Å². The van der Waals surface area contributed by atoms with E-state index in [4.69, 9.17) is 4.74 Å². The van der Waals surface area contributed by atoms with Gasteiger partial charge in [-0.25, -0.2) is 4.79 Å². The molecule has 1 aromatic rings. The van der Waals surface area contributed by atoms with Crippen LogP contribution in [0.15, 0.2) is 23.1 Å². The number of hydrogen-bond acceptors (Lipinski definition) is 4. The smallest absolute Gasteiger partial charge is 0.446 e. The molecule has 0 amide bonds. The first-order valence-electron chi connectivity index (χ1n) is 5.87. The summed E-state index contributed by atoms with van der Waals surface area (Å²) in [4.78, 5) is 22.0. The number of halogens is 3. The molecule has 3 nitrogen and oxygen atoms in total. The third-order valence-electron chi connectivity index (χ3n) is 2.35. The Bertz CT molecular complexity index is 486. The molecule has 0 spiro atoms. The molecule has 1 aromatic carbocycles. The lowest BCUT2D eigenvalue weighted by atomic mass is 10.0. The number of ether oxygens (including phenoxy) is 1. The van der Waals surface area contributed by atoms with E-state index >= 15 is 0 Å². The molecule has 0 saturated heterocycles. The van der Waals surface area contributed by atoms with Crippen molar-refractivity contribution in [3.05, 3.63) is 29.3 Å². The number of benzene rings is 1. The quantitative estimate of drug-likeness (QED) is 0.457. The second kappa shape index (κ2) is 7.33. The van der Waals surface area contributed by atoms with Gasteiger partial charge in [0, 0.05) is 11.3 Å². The van der Waals surface area contributed by atoms with E-state index in [2.05, 4.69) is 0 Å². The lowest BCUT2D eigenvalue weighted by Crippen LogP contribution is -2.12. The molecule has 0 bridgehead atoms. The van der Waals surface area contributed by atoms with Gasteiger partial charge in [0.05, 0.1) is 12.2 Å². The summed E-state index contributed by atoms with van der Waals surface area (Å²) in [6.45, 7) is 1.64. The summed E-state index contributed by atoms with van der Waals surface area (Å²) in [5.74, 6) is -0.805. The van der Waals surface area contributed by atoms with Gasteiger partial charge in [0.1, 0.15) is 6.29 Å². The average Bonchev–Trinajstić information content (AvgIpc) is 2.34. The molecule has 0 unspecified atom stereocenters. The third-order valence-corrected chi connectivity index (χ3v) is 3.14. The minimum atomic E-state index is -4.50. The Labute approximate surface area is 118 Å². The Morgan fingerprint density at radius 2 is 2.10 bits per heavy atom. The molecular formula is C13H13F3O3S. The third kappa shape index (κ3) is 4.88. The fraction of sp³-hybridized carbons (Fsp3) is 0.385. The second-order valence-corrected chi connectivity index (χ2v) is 4.87. The number of carbonyl (C=O) groups excluding carboxylic acids is 2. The van der Waals surface area contributed by atoms with Crippen molar-refractivity contribution in [2.24, 2.45) is 0 Å². The monoisotopic (exact) mass is 306 g/mol. The van der Waals surface area contributed by atoms with Gasteiger partial charge in [-0.05, 0) is 36.7 Å². The number of hydrogen-bond donors (Lipinski definition) is 0. The number of aldehydes is 1. The van der Waals surface area contributed by atoms with Crippen molar-refractivity contribution in [1.82, 2.24) is 0 Å². The minimum Gasteiger partial charge on any atom is -0.462 e. The van der Waals surface area contributed by atoms with E-state index < -0.39 is 11.5 Å². The van der Waals surface area contributed by atoms with Crippen LogP contribution in [0.1, 0.15) is 29.3 Å². The molecule has 110 valence electrons. The Kier molecular flexibility index (Phi) is 6.06. The molecule has 0 atom stereocenters. The summed E-state index contributed by atoms with van der Waals surface area (Å²) in [6.07, 6.45) is 0.981. The number of alkyl halides is 3. The Hall–Kier alpha value is -1.50. The van der Waals surface area contributed by atoms with Crippen LogP contribution < -0.4 is 0 Å². The number of carbonyl (C=O) groups is 2. The zero-order valence-corrected chi connectivity index (χ0v) is 11.5. The standard InChI is InChI=1S/C13H13F3O3S/c1-2-19-12(18)11-9(6-4-8-17)5-3-7-10(11)20-13(14,15)16/h3,5,7-8H,2,4,6H2,1H3. The summed E-state index contributed by atoms with van der Waals surface area (Å²) < 4.78 is 42.3. The molecule has 0 aliphatic carbocycles. The largest absolute Gasteiger partial charge is 0.462 e. The predicted molar refractivity (Wildman–Crippen MR) is 68.7 cm³/mol. The van der Waals surface area contributed by atoms with Crippen molar-refractivity contribution >= 4 is 24.0 Å². The molecule has 0 heterocycles. The van der Waals surface area contributed by atoms with Gasteiger partial charge in [-0.1, -0.05) is 12.1 Å². The summed E-state index contributed by atoms with van der Waals surface area (Å²) in [5, 5.41) is 0. The van der Waals surface area contributed by atoms with Gasteiger partial charge in [-0.15, -0.1) is 0 Å². The van der Waals surface area contributed by atoms with E-state index in [1.165, 1.54) is 18.2 Å². The molecule has 0 N–H and O–H groups in total. The second-order valence-electron chi connectivity index (χ2n) is 3.76. The normalized spacial score (nSPS) is 11.2. The number of thioether (sulfide) groups is 1. The van der Waals surface area contributed by atoms with Crippen LogP contribution in [0.4, 0.5) is 13.2 Å². The zero-order valence-electron chi connectivity index (χ0n) is 10.7. The molecule has 20 heavy (non-hydrogen) atoms. The fourth-order valence-electron chi connectivity index (χ4n) is 1.64. The highest BCUT2D eigenvalue weighted by Gasteiger charge is 2.32. The summed E-state index contributed by atoms with van der Waals surface area (Å²) in [5.41, 5.74) is -4.23. The van der Waals surface area contributed by atoms with Gasteiger partial charge in [0.15, 0.2) is 0 Å². The molecule has 7 heteroatoms. The van der Waals surface area contributed by atoms with Crippen molar-refractivity contribution in [3.63, 3.8) is 0 Å². The maximum atomic E-state index is 12.5. The van der Waals surface area contributed by atoms with Crippen LogP contribution in [-0.2, 0) is 16.0 Å². The first-order chi connectivity index (χ1) is 9.39. The number of esters is 1. The number of rotatable bonds is 6. The topological polar surface area (TPSA) is 43.4 Å². The lowest BCUT2D eigenvalue weighted by Gasteiger charge is -2.14. The van der Waals surface area contributed by atoms with Crippen LogP contribution in [0.5, 0.6) is 0 Å². The number of aryl methyl sites for hydroxylation is 1. The van der Waals surface area contributed by atoms with Gasteiger partial charge in [0.2, 0.25) is 0 Å². The van der Waals surface area contributed by atoms with E-state index in [9.17, 15) is 22.8 Å². The van der Waals surface area contributed by atoms with E-state index in [1.807, 2.05) is 0 Å². The SMILES string of the molecule is CCOC(=O)c1c(CCC=O)cccc1SC(F)(F)F. The molecule has 0 aliphatic rings. The van der Waals surface area contributed by atoms with Gasteiger partial charge in [0.25, 0.3) is 0 Å². The van der Waals surface area contributed by atoms with E-state index in [0.29, 0.717) is 11.8 Å². The summed E-state index contributed by atoms with van der Waals surface area (Å²) in [6, 6.07) is 4.17. The van der Waals surface area contributed by atoms with Gasteiger partial charge in [-0.2, -0.15) is 13.2 Å². The molecule has 0 fully saturated rings. The molecule has 0 saturated carbocycles. The minimum absolute atomic E-state index is 0.0664. The van der Waals surface area contributed by atoms with Crippen molar-refractivity contribution in [1.29, 1.82) is 0 Å². The van der Waals surface area contributed by atoms with Crippen molar-refractivity contribution in [3.8, 4) is 0 Å². The maximum Gasteiger partial charge on any atom is 0.446 e. The fourth-order valence-corrected chi connectivity index (χ4v) is 2.36. The molecule has 0 radical (unpaired) electrons. The first kappa shape index (κ1) is 16.6. The van der Waals surface area contributed by atoms with Crippen LogP contribution in [0.25, 0.3) is 0 Å².